The van der Waals surface area contributed by atoms with E-state index in [1.165, 1.54) is 19.3 Å². The first-order valence-corrected chi connectivity index (χ1v) is 7.57. The van der Waals surface area contributed by atoms with Crippen molar-refractivity contribution in [1.82, 2.24) is 20.2 Å². The molecule has 2 rings (SSSR count). The van der Waals surface area contributed by atoms with Crippen molar-refractivity contribution in [2.45, 2.75) is 76.7 Å². The molecule has 1 aliphatic rings. The minimum atomic E-state index is -0.793. The lowest BCUT2D eigenvalue weighted by Gasteiger charge is -2.33. The first-order chi connectivity index (χ1) is 9.57. The molecule has 1 heterocycles. The zero-order valence-corrected chi connectivity index (χ0v) is 12.4. The summed E-state index contributed by atoms with van der Waals surface area (Å²) in [5, 5.41) is 21.2. The summed E-state index contributed by atoms with van der Waals surface area (Å²) in [6.07, 6.45) is 7.63. The van der Waals surface area contributed by atoms with Crippen molar-refractivity contribution in [2.75, 3.05) is 0 Å². The molecule has 0 bridgehead atoms. The Balaban J connectivity index is 2.27. The summed E-state index contributed by atoms with van der Waals surface area (Å²) < 4.78 is 1.78. The molecule has 1 aromatic heterocycles. The lowest BCUT2D eigenvalue weighted by Crippen LogP contribution is -2.31. The third-order valence-electron chi connectivity index (χ3n) is 4.37. The van der Waals surface area contributed by atoms with Crippen molar-refractivity contribution >= 4 is 5.97 Å². The van der Waals surface area contributed by atoms with E-state index in [-0.39, 0.29) is 17.9 Å². The average Bonchev–Trinajstić information content (AvgIpc) is 2.88. The second kappa shape index (κ2) is 6.33. The Kier molecular flexibility index (Phi) is 4.73. The zero-order valence-electron chi connectivity index (χ0n) is 12.4. The van der Waals surface area contributed by atoms with Crippen molar-refractivity contribution in [2.24, 2.45) is 0 Å². The second-order valence-corrected chi connectivity index (χ2v) is 6.11. The number of carboxylic acid groups (broad SMARTS) is 1. The molecule has 0 saturated heterocycles. The first kappa shape index (κ1) is 14.9. The summed E-state index contributed by atoms with van der Waals surface area (Å²) in [5.41, 5.74) is -0.00769. The molecule has 1 fully saturated rings. The molecule has 20 heavy (non-hydrogen) atoms. The van der Waals surface area contributed by atoms with E-state index in [1.807, 2.05) is 0 Å². The van der Waals surface area contributed by atoms with Gasteiger partial charge in [0.25, 0.3) is 0 Å². The van der Waals surface area contributed by atoms with Crippen molar-refractivity contribution < 1.29 is 9.90 Å². The van der Waals surface area contributed by atoms with E-state index in [9.17, 15) is 4.79 Å². The van der Waals surface area contributed by atoms with Gasteiger partial charge < -0.3 is 5.11 Å². The highest BCUT2D eigenvalue weighted by atomic mass is 16.4. The Labute approximate surface area is 119 Å². The van der Waals surface area contributed by atoms with Gasteiger partial charge in [-0.1, -0.05) is 39.5 Å². The summed E-state index contributed by atoms with van der Waals surface area (Å²) in [7, 11) is 0. The number of hydrogen-bond acceptors (Lipinski definition) is 4. The van der Waals surface area contributed by atoms with Crippen LogP contribution in [0.2, 0.25) is 0 Å². The van der Waals surface area contributed by atoms with Crippen molar-refractivity contribution in [3.05, 3.63) is 5.82 Å². The van der Waals surface area contributed by atoms with Gasteiger partial charge in [0.1, 0.15) is 0 Å². The van der Waals surface area contributed by atoms with E-state index in [4.69, 9.17) is 5.11 Å². The molecular weight excluding hydrogens is 256 g/mol. The number of nitrogens with zero attached hydrogens (tertiary/aromatic N) is 4. The van der Waals surface area contributed by atoms with E-state index in [2.05, 4.69) is 29.4 Å². The van der Waals surface area contributed by atoms with Crippen LogP contribution in [0, 0.1) is 0 Å². The van der Waals surface area contributed by atoms with Crippen LogP contribution in [-0.4, -0.2) is 31.3 Å². The summed E-state index contributed by atoms with van der Waals surface area (Å²) >= 11 is 0. The van der Waals surface area contributed by atoms with E-state index >= 15 is 0 Å². The quantitative estimate of drug-likeness (QED) is 0.866. The number of rotatable bonds is 6. The Morgan fingerprint density at radius 1 is 1.40 bits per heavy atom. The molecule has 1 unspecified atom stereocenters. The van der Waals surface area contributed by atoms with Crippen LogP contribution in [-0.2, 0) is 10.2 Å². The van der Waals surface area contributed by atoms with Crippen LogP contribution < -0.4 is 0 Å². The fourth-order valence-electron chi connectivity index (χ4n) is 3.24. The maximum absolute atomic E-state index is 11.1. The Bertz CT molecular complexity index is 452. The van der Waals surface area contributed by atoms with Crippen LogP contribution in [0.1, 0.15) is 77.1 Å². The third kappa shape index (κ3) is 3.16. The minimum absolute atomic E-state index is 0.00769. The number of hydrogen-bond donors (Lipinski definition) is 1. The number of tetrazole rings is 1. The number of carboxylic acids is 1. The summed E-state index contributed by atoms with van der Waals surface area (Å²) in [6, 6.07) is -0.138. The molecule has 1 aliphatic carbocycles. The Hall–Kier alpha value is -1.46. The predicted octanol–water partition coefficient (Wildman–Crippen LogP) is 2.71. The van der Waals surface area contributed by atoms with Gasteiger partial charge in [0.05, 0.1) is 12.5 Å². The summed E-state index contributed by atoms with van der Waals surface area (Å²) in [5.74, 6) is 0.0793. The topological polar surface area (TPSA) is 80.9 Å². The molecule has 1 N–H and O–H groups in total. The van der Waals surface area contributed by atoms with E-state index < -0.39 is 5.97 Å². The van der Waals surface area contributed by atoms with Crippen LogP contribution in [0.3, 0.4) is 0 Å². The monoisotopic (exact) mass is 280 g/mol. The lowest BCUT2D eigenvalue weighted by atomic mass is 9.75. The standard InChI is InChI=1S/C14H24N4O2/c1-3-7-11(10-12(19)20)18-13(15-16-17-18)14(2)8-5-4-6-9-14/h11H,3-10H2,1-2H3,(H,19,20). The molecule has 0 spiro atoms. The molecule has 6 nitrogen and oxygen atoms in total. The SMILES string of the molecule is CCCC(CC(=O)O)n1nnnc1C1(C)CCCCC1. The minimum Gasteiger partial charge on any atom is -0.481 e. The van der Waals surface area contributed by atoms with Crippen molar-refractivity contribution in [3.63, 3.8) is 0 Å². The second-order valence-electron chi connectivity index (χ2n) is 6.11. The maximum atomic E-state index is 11.1. The van der Waals surface area contributed by atoms with E-state index in [1.54, 1.807) is 4.68 Å². The molecule has 112 valence electrons. The van der Waals surface area contributed by atoms with Gasteiger partial charge in [-0.3, -0.25) is 4.79 Å². The highest BCUT2D eigenvalue weighted by Crippen LogP contribution is 2.38. The molecule has 0 aliphatic heterocycles. The summed E-state index contributed by atoms with van der Waals surface area (Å²) in [6.45, 7) is 4.26. The normalized spacial score (nSPS) is 19.7. The molecule has 1 aromatic rings. The predicted molar refractivity (Wildman–Crippen MR) is 74.5 cm³/mol. The van der Waals surface area contributed by atoms with Gasteiger partial charge in [-0.2, -0.15) is 0 Å². The molecule has 1 saturated carbocycles. The largest absolute Gasteiger partial charge is 0.481 e. The van der Waals surface area contributed by atoms with Gasteiger partial charge in [0, 0.05) is 5.41 Å². The molecular formula is C14H24N4O2. The van der Waals surface area contributed by atoms with Gasteiger partial charge >= 0.3 is 5.97 Å². The molecule has 0 radical (unpaired) electrons. The summed E-state index contributed by atoms with van der Waals surface area (Å²) in [4.78, 5) is 11.1. The Morgan fingerprint density at radius 3 is 2.70 bits per heavy atom. The van der Waals surface area contributed by atoms with E-state index in [0.29, 0.717) is 0 Å². The van der Waals surface area contributed by atoms with Gasteiger partial charge in [-0.15, -0.1) is 5.10 Å². The molecule has 0 amide bonds. The van der Waals surface area contributed by atoms with Crippen LogP contribution in [0.15, 0.2) is 0 Å². The molecule has 1 atom stereocenters. The Morgan fingerprint density at radius 2 is 2.10 bits per heavy atom. The third-order valence-corrected chi connectivity index (χ3v) is 4.37. The van der Waals surface area contributed by atoms with E-state index in [0.717, 1.165) is 31.5 Å². The lowest BCUT2D eigenvalue weighted by molar-refractivity contribution is -0.138. The molecule has 0 aromatic carbocycles. The van der Waals surface area contributed by atoms with Crippen LogP contribution >= 0.6 is 0 Å². The van der Waals surface area contributed by atoms with Gasteiger partial charge in [-0.25, -0.2) is 4.68 Å². The van der Waals surface area contributed by atoms with Crippen LogP contribution in [0.4, 0.5) is 0 Å². The van der Waals surface area contributed by atoms with Crippen molar-refractivity contribution in [1.29, 1.82) is 0 Å². The van der Waals surface area contributed by atoms with Crippen LogP contribution in [0.25, 0.3) is 0 Å². The van der Waals surface area contributed by atoms with Crippen molar-refractivity contribution in [3.8, 4) is 0 Å². The number of aliphatic carboxylic acids is 1. The smallest absolute Gasteiger partial charge is 0.305 e. The fraction of sp³-hybridized carbons (Fsp3) is 0.857. The first-order valence-electron chi connectivity index (χ1n) is 7.57. The van der Waals surface area contributed by atoms with Gasteiger partial charge in [0.15, 0.2) is 5.82 Å². The molecule has 6 heteroatoms. The number of carbonyl (C=O) groups is 1. The van der Waals surface area contributed by atoms with Gasteiger partial charge in [0.2, 0.25) is 0 Å². The maximum Gasteiger partial charge on any atom is 0.305 e. The van der Waals surface area contributed by atoms with Gasteiger partial charge in [-0.05, 0) is 29.7 Å². The fourth-order valence-corrected chi connectivity index (χ4v) is 3.24. The number of aromatic nitrogens is 4. The average molecular weight is 280 g/mol. The highest BCUT2D eigenvalue weighted by Gasteiger charge is 2.35. The van der Waals surface area contributed by atoms with Crippen LogP contribution in [0.5, 0.6) is 0 Å². The zero-order chi connectivity index (χ0) is 14.6. The highest BCUT2D eigenvalue weighted by molar-refractivity contribution is 5.67.